The van der Waals surface area contributed by atoms with Gasteiger partial charge in [0, 0.05) is 11.5 Å². The van der Waals surface area contributed by atoms with Crippen LogP contribution in [-0.4, -0.2) is 11.1 Å². The molecule has 0 radical (unpaired) electrons. The topological polar surface area (TPSA) is 70.3 Å². The van der Waals surface area contributed by atoms with E-state index >= 15 is 0 Å². The summed E-state index contributed by atoms with van der Waals surface area (Å²) in [7, 11) is 0. The molecule has 4 nitrogen and oxygen atoms in total. The molecule has 0 spiro atoms. The molecule has 0 saturated carbocycles. The Morgan fingerprint density at radius 2 is 2.15 bits per heavy atom. The van der Waals surface area contributed by atoms with Crippen molar-refractivity contribution in [2.24, 2.45) is 5.41 Å². The Morgan fingerprint density at radius 1 is 1.40 bits per heavy atom. The molecule has 1 N–H and O–H groups in total. The van der Waals surface area contributed by atoms with E-state index in [0.29, 0.717) is 12.8 Å². The fourth-order valence-electron chi connectivity index (χ4n) is 3.21. The van der Waals surface area contributed by atoms with Gasteiger partial charge in [-0.25, -0.2) is 4.79 Å². The highest BCUT2D eigenvalue weighted by Crippen LogP contribution is 2.56. The van der Waals surface area contributed by atoms with Crippen LogP contribution in [0.2, 0.25) is 0 Å². The minimum atomic E-state index is -1.16. The number of allylic oxidation sites excluding steroid dienone is 2. The Morgan fingerprint density at radius 3 is 2.85 bits per heavy atom. The first kappa shape index (κ1) is 12.7. The largest absolute Gasteiger partial charge is 0.504 e. The van der Waals surface area contributed by atoms with Crippen LogP contribution in [0.3, 0.4) is 0 Å². The van der Waals surface area contributed by atoms with Crippen molar-refractivity contribution in [2.45, 2.75) is 32.6 Å². The van der Waals surface area contributed by atoms with Crippen molar-refractivity contribution in [2.75, 3.05) is 0 Å². The van der Waals surface area contributed by atoms with Crippen molar-refractivity contribution in [3.05, 3.63) is 34.9 Å². The summed E-state index contributed by atoms with van der Waals surface area (Å²) in [6, 6.07) is 7.22. The minimum Gasteiger partial charge on any atom is -0.504 e. The van der Waals surface area contributed by atoms with E-state index in [4.69, 9.17) is 4.74 Å². The Labute approximate surface area is 117 Å². The van der Waals surface area contributed by atoms with Crippen molar-refractivity contribution in [3.63, 3.8) is 0 Å². The van der Waals surface area contributed by atoms with Gasteiger partial charge in [0.2, 0.25) is 0 Å². The monoisotopic (exact) mass is 269 g/mol. The number of para-hydroxylation sites is 1. The number of phenols is 1. The predicted octanol–water partition coefficient (Wildman–Crippen LogP) is 3.03. The van der Waals surface area contributed by atoms with Crippen molar-refractivity contribution < 1.29 is 14.6 Å². The average molecular weight is 269 g/mol. The van der Waals surface area contributed by atoms with E-state index in [1.807, 2.05) is 19.9 Å². The molecule has 2 aliphatic rings. The Balaban J connectivity index is 2.25. The molecular formula is C16H15NO3. The van der Waals surface area contributed by atoms with Gasteiger partial charge in [-0.05, 0) is 32.8 Å². The Hall–Kier alpha value is -2.28. The van der Waals surface area contributed by atoms with E-state index in [2.05, 4.69) is 6.07 Å². The molecule has 1 heterocycles. The van der Waals surface area contributed by atoms with Crippen LogP contribution >= 0.6 is 0 Å². The molecule has 1 aliphatic heterocycles. The first-order valence-corrected chi connectivity index (χ1v) is 6.60. The highest BCUT2D eigenvalue weighted by atomic mass is 16.5. The highest BCUT2D eigenvalue weighted by molar-refractivity contribution is 5.87. The van der Waals surface area contributed by atoms with E-state index in [0.717, 1.165) is 11.1 Å². The number of nitriles is 1. The molecule has 0 bridgehead atoms. The summed E-state index contributed by atoms with van der Waals surface area (Å²) in [6.07, 6.45) is 1.04. The number of phenolic OH excluding ortho intramolecular Hbond substituents is 1. The van der Waals surface area contributed by atoms with Crippen molar-refractivity contribution in [3.8, 4) is 17.6 Å². The maximum atomic E-state index is 12.4. The maximum absolute atomic E-state index is 12.4. The van der Waals surface area contributed by atoms with Crippen LogP contribution in [0.15, 0.2) is 29.3 Å². The summed E-state index contributed by atoms with van der Waals surface area (Å²) in [5.41, 5.74) is 1.86. The first-order chi connectivity index (χ1) is 9.49. The molecule has 1 aromatic carbocycles. The summed E-state index contributed by atoms with van der Waals surface area (Å²) >= 11 is 0. The van der Waals surface area contributed by atoms with Gasteiger partial charge in [-0.15, -0.1) is 0 Å². The number of rotatable bonds is 0. The molecule has 1 aliphatic carbocycles. The highest BCUT2D eigenvalue weighted by Gasteiger charge is 2.54. The number of fused-ring (bicyclic) bond motifs is 3. The second-order valence-electron chi connectivity index (χ2n) is 5.66. The van der Waals surface area contributed by atoms with Gasteiger partial charge in [0.1, 0.15) is 0 Å². The summed E-state index contributed by atoms with van der Waals surface area (Å²) in [5, 5.41) is 19.5. The van der Waals surface area contributed by atoms with Gasteiger partial charge in [0.05, 0.1) is 6.07 Å². The lowest BCUT2D eigenvalue weighted by Gasteiger charge is -2.41. The number of ether oxygens (including phenoxy) is 1. The average Bonchev–Trinajstić information content (AvgIpc) is 2.43. The summed E-state index contributed by atoms with van der Waals surface area (Å²) in [4.78, 5) is 12.4. The lowest BCUT2D eigenvalue weighted by Crippen LogP contribution is -2.44. The van der Waals surface area contributed by atoms with Crippen molar-refractivity contribution in [1.82, 2.24) is 0 Å². The number of benzene rings is 1. The van der Waals surface area contributed by atoms with Gasteiger partial charge in [0.15, 0.2) is 16.9 Å². The third-order valence-electron chi connectivity index (χ3n) is 4.54. The van der Waals surface area contributed by atoms with E-state index in [1.54, 1.807) is 6.07 Å². The lowest BCUT2D eigenvalue weighted by molar-refractivity contribution is -0.146. The Kier molecular flexibility index (Phi) is 2.62. The lowest BCUT2D eigenvalue weighted by atomic mass is 9.62. The molecular weight excluding hydrogens is 254 g/mol. The van der Waals surface area contributed by atoms with Gasteiger partial charge >= 0.3 is 5.97 Å². The second kappa shape index (κ2) is 4.11. The number of nitrogens with zero attached hydrogens (tertiary/aromatic N) is 1. The molecule has 0 unspecified atom stereocenters. The number of hydrogen-bond donors (Lipinski definition) is 1. The summed E-state index contributed by atoms with van der Waals surface area (Å²) < 4.78 is 5.28. The molecule has 1 aromatic rings. The van der Waals surface area contributed by atoms with E-state index < -0.39 is 11.4 Å². The quantitative estimate of drug-likeness (QED) is 0.446. The molecule has 20 heavy (non-hydrogen) atoms. The molecule has 0 saturated heterocycles. The van der Waals surface area contributed by atoms with Crippen LogP contribution in [-0.2, 0) is 4.79 Å². The fourth-order valence-corrected chi connectivity index (χ4v) is 3.21. The molecule has 0 amide bonds. The maximum Gasteiger partial charge on any atom is 0.333 e. The Bertz CT molecular complexity index is 683. The van der Waals surface area contributed by atoms with Gasteiger partial charge in [-0.3, -0.25) is 0 Å². The van der Waals surface area contributed by atoms with Gasteiger partial charge in [0.25, 0.3) is 0 Å². The van der Waals surface area contributed by atoms with Crippen LogP contribution in [0.25, 0.3) is 0 Å². The molecule has 102 valence electrons. The third-order valence-corrected chi connectivity index (χ3v) is 4.54. The minimum absolute atomic E-state index is 0.0497. The molecule has 2 atom stereocenters. The zero-order valence-electron chi connectivity index (χ0n) is 11.4. The SMILES string of the molecule is CC1=C(C)C[C@]2(C#N)C(=O)Oc3c(O)cccc3[C@@H]2C1. The van der Waals surface area contributed by atoms with Crippen molar-refractivity contribution in [1.29, 1.82) is 5.26 Å². The van der Waals surface area contributed by atoms with Gasteiger partial charge in [-0.2, -0.15) is 5.26 Å². The smallest absolute Gasteiger partial charge is 0.333 e. The molecule has 0 aromatic heterocycles. The van der Waals surface area contributed by atoms with Gasteiger partial charge < -0.3 is 9.84 Å². The number of aromatic hydroxyl groups is 1. The predicted molar refractivity (Wildman–Crippen MR) is 72.1 cm³/mol. The van der Waals surface area contributed by atoms with E-state index in [1.165, 1.54) is 11.6 Å². The normalized spacial score (nSPS) is 28.2. The fraction of sp³-hybridized carbons (Fsp3) is 0.375. The molecule has 0 fully saturated rings. The number of carbonyl (C=O) groups excluding carboxylic acids is 1. The third kappa shape index (κ3) is 1.50. The molecule has 3 rings (SSSR count). The van der Waals surface area contributed by atoms with Crippen LogP contribution < -0.4 is 4.74 Å². The number of hydrogen-bond acceptors (Lipinski definition) is 4. The zero-order chi connectivity index (χ0) is 14.5. The van der Waals surface area contributed by atoms with Crippen LogP contribution in [0.1, 0.15) is 38.2 Å². The zero-order valence-corrected chi connectivity index (χ0v) is 11.4. The van der Waals surface area contributed by atoms with Crippen LogP contribution in [0, 0.1) is 16.7 Å². The van der Waals surface area contributed by atoms with E-state index in [-0.39, 0.29) is 17.4 Å². The van der Waals surface area contributed by atoms with Crippen LogP contribution in [0.5, 0.6) is 11.5 Å². The standard InChI is InChI=1S/C16H15NO3/c1-9-6-12-11-4-3-5-13(18)14(11)20-15(19)16(12,8-17)7-10(9)2/h3-5,12,18H,6-7H2,1-2H3/t12-,16+/m0/s1. The van der Waals surface area contributed by atoms with E-state index in [9.17, 15) is 15.2 Å². The summed E-state index contributed by atoms with van der Waals surface area (Å²) in [5.74, 6) is -0.641. The van der Waals surface area contributed by atoms with Crippen molar-refractivity contribution >= 4 is 5.97 Å². The summed E-state index contributed by atoms with van der Waals surface area (Å²) in [6.45, 7) is 3.98. The number of carbonyl (C=O) groups is 1. The van der Waals surface area contributed by atoms with Crippen LogP contribution in [0.4, 0.5) is 0 Å². The first-order valence-electron chi connectivity index (χ1n) is 6.60. The molecule has 4 heteroatoms. The number of esters is 1. The second-order valence-corrected chi connectivity index (χ2v) is 5.66. The van der Waals surface area contributed by atoms with Gasteiger partial charge in [-0.1, -0.05) is 23.3 Å².